The summed E-state index contributed by atoms with van der Waals surface area (Å²) in [4.78, 5) is 12.6. The van der Waals surface area contributed by atoms with Crippen molar-refractivity contribution in [2.75, 3.05) is 5.32 Å². The first-order chi connectivity index (χ1) is 12.4. The molecule has 1 fully saturated rings. The quantitative estimate of drug-likeness (QED) is 0.797. The van der Waals surface area contributed by atoms with Crippen LogP contribution in [0.3, 0.4) is 0 Å². The van der Waals surface area contributed by atoms with Crippen molar-refractivity contribution in [3.63, 3.8) is 0 Å². The number of amides is 1. The van der Waals surface area contributed by atoms with E-state index in [2.05, 4.69) is 22.2 Å². The monoisotopic (exact) mass is 378 g/mol. The molecule has 1 amide bonds. The molecule has 1 aromatic carbocycles. The van der Waals surface area contributed by atoms with Crippen LogP contribution < -0.4 is 10.0 Å². The topological polar surface area (TPSA) is 75.3 Å². The standard InChI is InChI=1S/C20H30N2O3S/c1-3-14(2)26(24,25)22-18-10-8-16(9-11-18)20(23)21-19-12-7-15-5-4-6-17(15)13-19/h7,12-14,16,18,22H,3-6,8-11H2,1-2H3,(H,21,23). The molecule has 2 N–H and O–H groups in total. The first-order valence-corrected chi connectivity index (χ1v) is 11.4. The third-order valence-corrected chi connectivity index (χ3v) is 7.95. The first-order valence-electron chi connectivity index (χ1n) is 9.83. The lowest BCUT2D eigenvalue weighted by molar-refractivity contribution is -0.120. The molecule has 1 aromatic rings. The summed E-state index contributed by atoms with van der Waals surface area (Å²) in [5, 5.41) is 2.68. The smallest absolute Gasteiger partial charge is 0.227 e. The molecule has 5 nitrogen and oxygen atoms in total. The second-order valence-electron chi connectivity index (χ2n) is 7.76. The number of hydrogen-bond donors (Lipinski definition) is 2. The number of aryl methyl sites for hydroxylation is 2. The fourth-order valence-electron chi connectivity index (χ4n) is 3.94. The van der Waals surface area contributed by atoms with Gasteiger partial charge in [-0.05, 0) is 81.5 Å². The van der Waals surface area contributed by atoms with Gasteiger partial charge in [-0.3, -0.25) is 4.79 Å². The Morgan fingerprint density at radius 3 is 2.54 bits per heavy atom. The molecule has 0 spiro atoms. The number of hydrogen-bond acceptors (Lipinski definition) is 3. The Morgan fingerprint density at radius 2 is 1.85 bits per heavy atom. The zero-order valence-corrected chi connectivity index (χ0v) is 16.6. The molecule has 0 heterocycles. The summed E-state index contributed by atoms with van der Waals surface area (Å²) in [6.45, 7) is 3.61. The van der Waals surface area contributed by atoms with Crippen LogP contribution in [0.5, 0.6) is 0 Å². The number of rotatable bonds is 6. The highest BCUT2D eigenvalue weighted by atomic mass is 32.2. The van der Waals surface area contributed by atoms with Crippen molar-refractivity contribution in [3.05, 3.63) is 29.3 Å². The van der Waals surface area contributed by atoms with Gasteiger partial charge in [-0.1, -0.05) is 13.0 Å². The van der Waals surface area contributed by atoms with Crippen LogP contribution in [0.25, 0.3) is 0 Å². The second-order valence-corrected chi connectivity index (χ2v) is 9.89. The molecule has 0 aliphatic heterocycles. The van der Waals surface area contributed by atoms with Crippen LogP contribution in [0.2, 0.25) is 0 Å². The van der Waals surface area contributed by atoms with Crippen molar-refractivity contribution in [1.82, 2.24) is 4.72 Å². The molecule has 0 bridgehead atoms. The van der Waals surface area contributed by atoms with E-state index in [0.29, 0.717) is 6.42 Å². The van der Waals surface area contributed by atoms with E-state index in [1.165, 1.54) is 17.5 Å². The van der Waals surface area contributed by atoms with Crippen LogP contribution in [0.1, 0.15) is 63.5 Å². The van der Waals surface area contributed by atoms with Crippen LogP contribution in [0, 0.1) is 5.92 Å². The lowest BCUT2D eigenvalue weighted by Crippen LogP contribution is -2.42. The van der Waals surface area contributed by atoms with Crippen molar-refractivity contribution >= 4 is 21.6 Å². The number of nitrogens with one attached hydrogen (secondary N) is 2. The van der Waals surface area contributed by atoms with Crippen LogP contribution in [-0.4, -0.2) is 25.6 Å². The highest BCUT2D eigenvalue weighted by molar-refractivity contribution is 7.90. The predicted molar refractivity (Wildman–Crippen MR) is 105 cm³/mol. The third-order valence-electron chi connectivity index (χ3n) is 5.90. The molecular formula is C20H30N2O3S. The van der Waals surface area contributed by atoms with Crippen molar-refractivity contribution in [2.24, 2.45) is 5.92 Å². The van der Waals surface area contributed by atoms with Gasteiger partial charge in [0.2, 0.25) is 15.9 Å². The van der Waals surface area contributed by atoms with Gasteiger partial charge in [0.15, 0.2) is 0 Å². The van der Waals surface area contributed by atoms with Crippen LogP contribution >= 0.6 is 0 Å². The van der Waals surface area contributed by atoms with E-state index in [4.69, 9.17) is 0 Å². The van der Waals surface area contributed by atoms with E-state index in [9.17, 15) is 13.2 Å². The molecule has 1 atom stereocenters. The maximum Gasteiger partial charge on any atom is 0.227 e. The number of carbonyl (C=O) groups is 1. The Hall–Kier alpha value is -1.40. The van der Waals surface area contributed by atoms with Gasteiger partial charge in [-0.25, -0.2) is 13.1 Å². The molecule has 0 aromatic heterocycles. The van der Waals surface area contributed by atoms with Crippen LogP contribution in [-0.2, 0) is 27.7 Å². The van der Waals surface area contributed by atoms with Gasteiger partial charge in [0.05, 0.1) is 5.25 Å². The second kappa shape index (κ2) is 8.09. The van der Waals surface area contributed by atoms with Gasteiger partial charge in [0.25, 0.3) is 0 Å². The summed E-state index contributed by atoms with van der Waals surface area (Å²) in [7, 11) is -3.25. The summed E-state index contributed by atoms with van der Waals surface area (Å²) in [6.07, 6.45) is 6.93. The Bertz CT molecular complexity index is 752. The van der Waals surface area contributed by atoms with E-state index in [-0.39, 0.29) is 23.1 Å². The van der Waals surface area contributed by atoms with Crippen molar-refractivity contribution in [1.29, 1.82) is 0 Å². The maximum absolute atomic E-state index is 12.6. The van der Waals surface area contributed by atoms with E-state index >= 15 is 0 Å². The molecule has 3 rings (SSSR count). The Labute approximate surface area is 157 Å². The molecule has 26 heavy (non-hydrogen) atoms. The number of anilines is 1. The van der Waals surface area contributed by atoms with Crippen LogP contribution in [0.4, 0.5) is 5.69 Å². The SMILES string of the molecule is CCC(C)S(=O)(=O)NC1CCC(C(=O)Nc2ccc3c(c2)CCC3)CC1. The van der Waals surface area contributed by atoms with Gasteiger partial charge in [0, 0.05) is 17.6 Å². The lowest BCUT2D eigenvalue weighted by Gasteiger charge is -2.29. The minimum Gasteiger partial charge on any atom is -0.326 e. The Kier molecular flexibility index (Phi) is 6.03. The zero-order valence-electron chi connectivity index (χ0n) is 15.8. The highest BCUT2D eigenvalue weighted by Gasteiger charge is 2.30. The molecule has 6 heteroatoms. The summed E-state index contributed by atoms with van der Waals surface area (Å²) < 4.78 is 27.2. The minimum absolute atomic E-state index is 0.0346. The van der Waals surface area contributed by atoms with Gasteiger partial charge in [-0.15, -0.1) is 0 Å². The predicted octanol–water partition coefficient (Wildman–Crippen LogP) is 3.39. The van der Waals surface area contributed by atoms with E-state index in [1.54, 1.807) is 6.92 Å². The molecule has 0 radical (unpaired) electrons. The first kappa shape index (κ1) is 19.4. The van der Waals surface area contributed by atoms with Crippen LogP contribution in [0.15, 0.2) is 18.2 Å². The number of benzene rings is 1. The average Bonchev–Trinajstić information content (AvgIpc) is 3.09. The van der Waals surface area contributed by atoms with E-state index in [1.807, 2.05) is 13.0 Å². The third kappa shape index (κ3) is 4.46. The fraction of sp³-hybridized carbons (Fsp3) is 0.650. The largest absolute Gasteiger partial charge is 0.326 e. The molecule has 144 valence electrons. The summed E-state index contributed by atoms with van der Waals surface area (Å²) in [5.41, 5.74) is 3.64. The molecule has 1 saturated carbocycles. The molecular weight excluding hydrogens is 348 g/mol. The lowest BCUT2D eigenvalue weighted by atomic mass is 9.86. The van der Waals surface area contributed by atoms with E-state index < -0.39 is 10.0 Å². The maximum atomic E-state index is 12.6. The van der Waals surface area contributed by atoms with Gasteiger partial charge in [-0.2, -0.15) is 0 Å². The minimum atomic E-state index is -3.25. The molecule has 0 saturated heterocycles. The summed E-state index contributed by atoms with van der Waals surface area (Å²) >= 11 is 0. The number of carbonyl (C=O) groups excluding carboxylic acids is 1. The average molecular weight is 379 g/mol. The highest BCUT2D eigenvalue weighted by Crippen LogP contribution is 2.28. The number of sulfonamides is 1. The fourth-order valence-corrected chi connectivity index (χ4v) is 5.31. The number of fused-ring (bicyclic) bond motifs is 1. The van der Waals surface area contributed by atoms with Crippen molar-refractivity contribution < 1.29 is 13.2 Å². The molecule has 2 aliphatic rings. The Balaban J connectivity index is 1.51. The van der Waals surface area contributed by atoms with Gasteiger partial charge >= 0.3 is 0 Å². The summed E-state index contributed by atoms with van der Waals surface area (Å²) in [6, 6.07) is 6.18. The Morgan fingerprint density at radius 1 is 1.15 bits per heavy atom. The zero-order chi connectivity index (χ0) is 18.7. The molecule has 2 aliphatic carbocycles. The van der Waals surface area contributed by atoms with Crippen molar-refractivity contribution in [3.8, 4) is 0 Å². The van der Waals surface area contributed by atoms with Crippen molar-refractivity contribution in [2.45, 2.75) is 76.5 Å². The van der Waals surface area contributed by atoms with E-state index in [0.717, 1.165) is 44.2 Å². The molecule has 1 unspecified atom stereocenters. The normalized spacial score (nSPS) is 24.1. The van der Waals surface area contributed by atoms with Gasteiger partial charge < -0.3 is 5.32 Å². The summed E-state index contributed by atoms with van der Waals surface area (Å²) in [5.74, 6) is 0.0267. The van der Waals surface area contributed by atoms with Gasteiger partial charge in [0.1, 0.15) is 0 Å².